The maximum absolute atomic E-state index is 13.6. The lowest BCUT2D eigenvalue weighted by molar-refractivity contribution is 0.0696. The molecule has 1 aliphatic rings. The lowest BCUT2D eigenvalue weighted by Crippen LogP contribution is -2.32. The monoisotopic (exact) mass is 252 g/mol. The van der Waals surface area contributed by atoms with E-state index >= 15 is 0 Å². The van der Waals surface area contributed by atoms with Gasteiger partial charge in [0, 0.05) is 13.1 Å². The van der Waals surface area contributed by atoms with Gasteiger partial charge in [-0.1, -0.05) is 0 Å². The number of amides is 2. The number of rotatable bonds is 2. The predicted octanol–water partition coefficient (Wildman–Crippen LogP) is 2.15. The van der Waals surface area contributed by atoms with Crippen molar-refractivity contribution in [1.82, 2.24) is 4.90 Å². The summed E-state index contributed by atoms with van der Waals surface area (Å²) in [4.78, 5) is 24.0. The van der Waals surface area contributed by atoms with Crippen LogP contribution in [0.1, 0.15) is 23.2 Å². The van der Waals surface area contributed by atoms with Crippen molar-refractivity contribution < 1.29 is 19.1 Å². The van der Waals surface area contributed by atoms with Crippen LogP contribution in [0.25, 0.3) is 0 Å². The minimum Gasteiger partial charge on any atom is -0.478 e. The largest absolute Gasteiger partial charge is 0.478 e. The number of nitrogens with one attached hydrogen (secondary N) is 1. The van der Waals surface area contributed by atoms with Gasteiger partial charge in [0.1, 0.15) is 5.82 Å². The van der Waals surface area contributed by atoms with Crippen LogP contribution in [0, 0.1) is 5.82 Å². The topological polar surface area (TPSA) is 69.6 Å². The van der Waals surface area contributed by atoms with Crippen molar-refractivity contribution >= 4 is 17.7 Å². The van der Waals surface area contributed by atoms with Gasteiger partial charge in [-0.25, -0.2) is 14.0 Å². The molecule has 2 amide bonds. The number of likely N-dealkylation sites (tertiary alicyclic amines) is 1. The van der Waals surface area contributed by atoms with E-state index in [0.717, 1.165) is 18.9 Å². The molecule has 1 saturated heterocycles. The number of carboxylic acids is 1. The number of hydrogen-bond acceptors (Lipinski definition) is 2. The summed E-state index contributed by atoms with van der Waals surface area (Å²) in [5, 5.41) is 11.1. The van der Waals surface area contributed by atoms with Gasteiger partial charge in [-0.3, -0.25) is 0 Å². The normalized spacial score (nSPS) is 14.6. The number of carbonyl (C=O) groups excluding carboxylic acids is 1. The van der Waals surface area contributed by atoms with Crippen LogP contribution < -0.4 is 5.32 Å². The predicted molar refractivity (Wildman–Crippen MR) is 63.2 cm³/mol. The second kappa shape index (κ2) is 5.03. The SMILES string of the molecule is O=C(O)c1ccc(NC(=O)N2CCCC2)c(F)c1. The molecule has 1 heterocycles. The van der Waals surface area contributed by atoms with E-state index in [2.05, 4.69) is 5.32 Å². The Morgan fingerprint density at radius 2 is 1.94 bits per heavy atom. The Bertz CT molecular complexity index is 484. The summed E-state index contributed by atoms with van der Waals surface area (Å²) in [6, 6.07) is 3.05. The fourth-order valence-corrected chi connectivity index (χ4v) is 1.86. The molecule has 0 bridgehead atoms. The molecular formula is C12H13FN2O3. The fraction of sp³-hybridized carbons (Fsp3) is 0.333. The Morgan fingerprint density at radius 3 is 2.50 bits per heavy atom. The summed E-state index contributed by atoms with van der Waals surface area (Å²) < 4.78 is 13.6. The zero-order chi connectivity index (χ0) is 13.1. The number of carbonyl (C=O) groups is 2. The van der Waals surface area contributed by atoms with E-state index in [9.17, 15) is 14.0 Å². The third-order valence-electron chi connectivity index (χ3n) is 2.85. The van der Waals surface area contributed by atoms with Crippen molar-refractivity contribution in [2.75, 3.05) is 18.4 Å². The smallest absolute Gasteiger partial charge is 0.335 e. The molecule has 1 aliphatic heterocycles. The van der Waals surface area contributed by atoms with Crippen molar-refractivity contribution in [2.45, 2.75) is 12.8 Å². The minimum atomic E-state index is -1.20. The molecule has 2 rings (SSSR count). The number of carboxylic acid groups (broad SMARTS) is 1. The lowest BCUT2D eigenvalue weighted by atomic mass is 10.2. The first kappa shape index (κ1) is 12.3. The quantitative estimate of drug-likeness (QED) is 0.847. The van der Waals surface area contributed by atoms with Crippen molar-refractivity contribution in [3.8, 4) is 0 Å². The molecule has 0 spiro atoms. The number of halogens is 1. The van der Waals surface area contributed by atoms with Crippen LogP contribution in [-0.2, 0) is 0 Å². The van der Waals surface area contributed by atoms with E-state index in [1.54, 1.807) is 4.90 Å². The second-order valence-corrected chi connectivity index (χ2v) is 4.12. The van der Waals surface area contributed by atoms with Crippen molar-refractivity contribution in [3.05, 3.63) is 29.6 Å². The molecule has 5 nitrogen and oxygen atoms in total. The van der Waals surface area contributed by atoms with Gasteiger partial charge < -0.3 is 15.3 Å². The molecular weight excluding hydrogens is 239 g/mol. The van der Waals surface area contributed by atoms with Gasteiger partial charge in [-0.05, 0) is 31.0 Å². The molecule has 18 heavy (non-hydrogen) atoms. The van der Waals surface area contributed by atoms with Crippen molar-refractivity contribution in [1.29, 1.82) is 0 Å². The molecule has 0 radical (unpaired) electrons. The third-order valence-corrected chi connectivity index (χ3v) is 2.85. The van der Waals surface area contributed by atoms with Gasteiger partial charge in [0.15, 0.2) is 0 Å². The molecule has 2 N–H and O–H groups in total. The molecule has 6 heteroatoms. The molecule has 1 fully saturated rings. The summed E-state index contributed by atoms with van der Waals surface area (Å²) in [5.74, 6) is -1.95. The van der Waals surface area contributed by atoms with E-state index in [0.29, 0.717) is 13.1 Å². The lowest BCUT2D eigenvalue weighted by Gasteiger charge is -2.16. The van der Waals surface area contributed by atoms with Gasteiger partial charge in [-0.15, -0.1) is 0 Å². The van der Waals surface area contributed by atoms with Crippen LogP contribution in [0.3, 0.4) is 0 Å². The van der Waals surface area contributed by atoms with E-state index in [1.807, 2.05) is 0 Å². The summed E-state index contributed by atoms with van der Waals surface area (Å²) >= 11 is 0. The average molecular weight is 252 g/mol. The van der Waals surface area contributed by atoms with Crippen molar-refractivity contribution in [2.24, 2.45) is 0 Å². The van der Waals surface area contributed by atoms with Gasteiger partial charge in [0.2, 0.25) is 0 Å². The molecule has 1 aromatic carbocycles. The highest BCUT2D eigenvalue weighted by atomic mass is 19.1. The highest BCUT2D eigenvalue weighted by Gasteiger charge is 2.19. The average Bonchev–Trinajstić information content (AvgIpc) is 2.85. The van der Waals surface area contributed by atoms with Crippen LogP contribution in [0.2, 0.25) is 0 Å². The second-order valence-electron chi connectivity index (χ2n) is 4.12. The number of hydrogen-bond donors (Lipinski definition) is 2. The first-order chi connectivity index (χ1) is 8.58. The summed E-state index contributed by atoms with van der Waals surface area (Å²) in [6.07, 6.45) is 1.90. The molecule has 96 valence electrons. The zero-order valence-corrected chi connectivity index (χ0v) is 9.65. The zero-order valence-electron chi connectivity index (χ0n) is 9.65. The maximum atomic E-state index is 13.6. The number of nitrogens with zero attached hydrogens (tertiary/aromatic N) is 1. The van der Waals surface area contributed by atoms with E-state index in [4.69, 9.17) is 5.11 Å². The minimum absolute atomic E-state index is 0.00287. The Labute approximate surface area is 103 Å². The molecule has 0 aromatic heterocycles. The Kier molecular flexibility index (Phi) is 3.45. The maximum Gasteiger partial charge on any atom is 0.335 e. The number of benzene rings is 1. The molecule has 1 aromatic rings. The van der Waals surface area contributed by atoms with E-state index < -0.39 is 11.8 Å². The standard InChI is InChI=1S/C12H13FN2O3/c13-9-7-8(11(16)17)3-4-10(9)14-12(18)15-5-1-2-6-15/h3-4,7H,1-2,5-6H2,(H,14,18)(H,16,17). The molecule has 0 unspecified atom stereocenters. The highest BCUT2D eigenvalue weighted by molar-refractivity contribution is 5.91. The van der Waals surface area contributed by atoms with Crippen LogP contribution >= 0.6 is 0 Å². The highest BCUT2D eigenvalue weighted by Crippen LogP contribution is 2.17. The van der Waals surface area contributed by atoms with Gasteiger partial charge in [-0.2, -0.15) is 0 Å². The number of aromatic carboxylic acids is 1. The first-order valence-corrected chi connectivity index (χ1v) is 5.66. The number of anilines is 1. The Morgan fingerprint density at radius 1 is 1.28 bits per heavy atom. The molecule has 0 saturated carbocycles. The summed E-state index contributed by atoms with van der Waals surface area (Å²) in [7, 11) is 0. The Hall–Kier alpha value is -2.11. The molecule has 0 atom stereocenters. The van der Waals surface area contributed by atoms with Gasteiger partial charge >= 0.3 is 12.0 Å². The van der Waals surface area contributed by atoms with Crippen LogP contribution in [-0.4, -0.2) is 35.1 Å². The summed E-state index contributed by atoms with van der Waals surface area (Å²) in [5.41, 5.74) is -0.149. The van der Waals surface area contributed by atoms with Gasteiger partial charge in [0.25, 0.3) is 0 Å². The van der Waals surface area contributed by atoms with Crippen LogP contribution in [0.15, 0.2) is 18.2 Å². The third kappa shape index (κ3) is 2.58. The van der Waals surface area contributed by atoms with E-state index in [-0.39, 0.29) is 17.3 Å². The fourth-order valence-electron chi connectivity index (χ4n) is 1.86. The Balaban J connectivity index is 2.09. The first-order valence-electron chi connectivity index (χ1n) is 5.66. The van der Waals surface area contributed by atoms with Crippen LogP contribution in [0.4, 0.5) is 14.9 Å². The molecule has 0 aliphatic carbocycles. The van der Waals surface area contributed by atoms with Crippen molar-refractivity contribution in [3.63, 3.8) is 0 Å². The van der Waals surface area contributed by atoms with Gasteiger partial charge in [0.05, 0.1) is 11.3 Å². The van der Waals surface area contributed by atoms with E-state index in [1.165, 1.54) is 12.1 Å². The number of urea groups is 1. The summed E-state index contributed by atoms with van der Waals surface area (Å²) in [6.45, 7) is 1.33. The van der Waals surface area contributed by atoms with Crippen LogP contribution in [0.5, 0.6) is 0 Å².